The maximum atomic E-state index is 12.3. The molecule has 1 aromatic heterocycles. The van der Waals surface area contributed by atoms with Crippen LogP contribution in [0.2, 0.25) is 0 Å². The Morgan fingerprint density at radius 2 is 1.92 bits per heavy atom. The Kier molecular flexibility index (Phi) is 16.0. The number of ketones is 1. The number of aliphatic hydroxyl groups excluding tert-OH is 3. The van der Waals surface area contributed by atoms with Crippen molar-refractivity contribution in [2.45, 2.75) is 62.6 Å². The predicted molar refractivity (Wildman–Crippen MR) is 125 cm³/mol. The highest BCUT2D eigenvalue weighted by atomic mass is 32.2. The monoisotopic (exact) mass is 550 g/mol. The smallest absolute Gasteiger partial charge is 0.373 e. The fourth-order valence-electron chi connectivity index (χ4n) is 3.37. The second kappa shape index (κ2) is 18.1. The number of carbonyl (C=O) groups excluding carboxylic acids is 3. The minimum Gasteiger partial charge on any atom is -0.479 e. The molecular formula is C21H34N4O11S. The first-order valence-corrected chi connectivity index (χ1v) is 12.8. The van der Waals surface area contributed by atoms with E-state index in [0.717, 1.165) is 12.2 Å². The molecule has 2 heterocycles. The van der Waals surface area contributed by atoms with Gasteiger partial charge in [0.25, 0.3) is 0 Å². The molecule has 0 amide bonds. The standard InChI is InChI=1S/C20H34N4O9S.CO2/c1-21-13(14(25)4-3-9-34-2)10-12-11-24(23-22-12)5-6-31-7-8-32-20-17(28)15(26)16(27)18(33-20)19(29)30;2-1-3/h11,13,15-18,20-21,26-28H,3-10H2,1-2H3,(H,29,30);/t13-,15-,16?,17-,18?,20?;/m0./s1. The summed E-state index contributed by atoms with van der Waals surface area (Å²) in [5.74, 6) is -0.374. The molecule has 16 heteroatoms. The number of ether oxygens (including phenoxy) is 3. The molecule has 3 unspecified atom stereocenters. The molecule has 5 N–H and O–H groups in total. The highest BCUT2D eigenvalue weighted by Gasteiger charge is 2.47. The quantitative estimate of drug-likeness (QED) is 0.134. The van der Waals surface area contributed by atoms with E-state index in [9.17, 15) is 24.9 Å². The number of carbonyl (C=O) groups is 2. The number of Topliss-reactive ketones (excluding diaryl/α,β-unsaturated/α-hetero) is 1. The van der Waals surface area contributed by atoms with E-state index in [2.05, 4.69) is 15.6 Å². The van der Waals surface area contributed by atoms with Crippen molar-refractivity contribution in [3.63, 3.8) is 0 Å². The van der Waals surface area contributed by atoms with Crippen LogP contribution in [-0.2, 0) is 46.4 Å². The van der Waals surface area contributed by atoms with Gasteiger partial charge < -0.3 is 40.0 Å². The number of hydrogen-bond donors (Lipinski definition) is 5. The zero-order valence-electron chi connectivity index (χ0n) is 20.6. The van der Waals surface area contributed by atoms with Crippen molar-refractivity contribution in [2.24, 2.45) is 0 Å². The molecule has 2 rings (SSSR count). The van der Waals surface area contributed by atoms with Crippen LogP contribution in [0.4, 0.5) is 0 Å². The number of nitrogens with zero attached hydrogens (tertiary/aromatic N) is 3. The highest BCUT2D eigenvalue weighted by molar-refractivity contribution is 7.98. The Morgan fingerprint density at radius 1 is 1.22 bits per heavy atom. The molecular weight excluding hydrogens is 516 g/mol. The topological polar surface area (TPSA) is 220 Å². The second-order valence-corrected chi connectivity index (χ2v) is 8.87. The number of aromatic nitrogens is 3. The number of aliphatic hydroxyl groups is 3. The Labute approximate surface area is 217 Å². The van der Waals surface area contributed by atoms with Crippen molar-refractivity contribution in [2.75, 3.05) is 38.9 Å². The van der Waals surface area contributed by atoms with Gasteiger partial charge in [0.2, 0.25) is 0 Å². The zero-order valence-corrected chi connectivity index (χ0v) is 21.4. The number of nitrogens with one attached hydrogen (secondary N) is 1. The predicted octanol–water partition coefficient (Wildman–Crippen LogP) is -2.54. The SMILES string of the molecule is CN[C@@H](Cc1cn(CCOCCOC2OC(C(=O)O)C(O)[C@H](O)[C@@H]2O)nn1)C(=O)CCCSC.O=C=O. The molecule has 1 aliphatic rings. The van der Waals surface area contributed by atoms with Gasteiger partial charge in [0, 0.05) is 19.0 Å². The van der Waals surface area contributed by atoms with E-state index in [1.54, 1.807) is 29.7 Å². The Balaban J connectivity index is 0.00000217. The average Bonchev–Trinajstić information content (AvgIpc) is 3.32. The summed E-state index contributed by atoms with van der Waals surface area (Å²) >= 11 is 1.72. The molecule has 1 saturated heterocycles. The molecule has 0 aliphatic carbocycles. The van der Waals surface area contributed by atoms with Crippen LogP contribution in [0, 0.1) is 0 Å². The van der Waals surface area contributed by atoms with E-state index in [4.69, 9.17) is 28.9 Å². The number of carboxylic acids is 1. The fourth-order valence-corrected chi connectivity index (χ4v) is 3.80. The van der Waals surface area contributed by atoms with E-state index in [0.29, 0.717) is 25.1 Å². The van der Waals surface area contributed by atoms with Gasteiger partial charge in [0.05, 0.1) is 38.1 Å². The molecule has 0 saturated carbocycles. The van der Waals surface area contributed by atoms with Gasteiger partial charge in [0.1, 0.15) is 24.1 Å². The summed E-state index contributed by atoms with van der Waals surface area (Å²) in [4.78, 5) is 39.6. The lowest BCUT2D eigenvalue weighted by atomic mass is 9.99. The third kappa shape index (κ3) is 11.3. The van der Waals surface area contributed by atoms with Gasteiger partial charge in [-0.25, -0.2) is 9.48 Å². The lowest BCUT2D eigenvalue weighted by molar-refractivity contribution is -0.295. The summed E-state index contributed by atoms with van der Waals surface area (Å²) in [5.41, 5.74) is 0.693. The van der Waals surface area contributed by atoms with Gasteiger partial charge in [-0.3, -0.25) is 4.79 Å². The normalized spacial score (nSPS) is 24.0. The van der Waals surface area contributed by atoms with Gasteiger partial charge in [-0.15, -0.1) is 5.10 Å². The van der Waals surface area contributed by atoms with Gasteiger partial charge >= 0.3 is 12.1 Å². The Hall–Kier alpha value is -2.27. The van der Waals surface area contributed by atoms with Gasteiger partial charge in [-0.05, 0) is 25.5 Å². The summed E-state index contributed by atoms with van der Waals surface area (Å²) in [6.45, 7) is 0.759. The van der Waals surface area contributed by atoms with Crippen LogP contribution >= 0.6 is 11.8 Å². The molecule has 210 valence electrons. The fraction of sp³-hybridized carbons (Fsp3) is 0.762. The molecule has 0 spiro atoms. The summed E-state index contributed by atoms with van der Waals surface area (Å²) in [7, 11) is 1.75. The molecule has 0 bridgehead atoms. The van der Waals surface area contributed by atoms with Crippen molar-refractivity contribution < 1.29 is 53.8 Å². The number of hydrogen-bond acceptors (Lipinski definition) is 14. The molecule has 1 fully saturated rings. The number of aliphatic carboxylic acids is 1. The molecule has 1 aromatic rings. The third-order valence-corrected chi connectivity index (χ3v) is 5.99. The van der Waals surface area contributed by atoms with Crippen LogP contribution in [0.25, 0.3) is 0 Å². The van der Waals surface area contributed by atoms with Crippen LogP contribution in [0.1, 0.15) is 18.5 Å². The van der Waals surface area contributed by atoms with E-state index < -0.39 is 36.7 Å². The molecule has 15 nitrogen and oxygen atoms in total. The van der Waals surface area contributed by atoms with Gasteiger partial charge in [0.15, 0.2) is 12.4 Å². The third-order valence-electron chi connectivity index (χ3n) is 5.30. The minimum absolute atomic E-state index is 0.0397. The number of thioether (sulfide) groups is 1. The Morgan fingerprint density at radius 3 is 2.54 bits per heavy atom. The van der Waals surface area contributed by atoms with Crippen molar-refractivity contribution in [3.8, 4) is 0 Å². The second-order valence-electron chi connectivity index (χ2n) is 7.88. The van der Waals surface area contributed by atoms with Crippen LogP contribution in [-0.4, -0.2) is 129 Å². The zero-order chi connectivity index (χ0) is 27.8. The van der Waals surface area contributed by atoms with Crippen molar-refractivity contribution >= 4 is 29.7 Å². The van der Waals surface area contributed by atoms with E-state index >= 15 is 0 Å². The highest BCUT2D eigenvalue weighted by Crippen LogP contribution is 2.22. The Bertz CT molecular complexity index is 852. The lowest BCUT2D eigenvalue weighted by Gasteiger charge is -2.38. The van der Waals surface area contributed by atoms with Gasteiger partial charge in [-0.1, -0.05) is 5.21 Å². The summed E-state index contributed by atoms with van der Waals surface area (Å²) < 4.78 is 17.3. The first-order valence-electron chi connectivity index (χ1n) is 11.4. The average molecular weight is 551 g/mol. The minimum atomic E-state index is -1.77. The van der Waals surface area contributed by atoms with Crippen LogP contribution in [0.3, 0.4) is 0 Å². The van der Waals surface area contributed by atoms with E-state index in [-0.39, 0.29) is 37.8 Å². The summed E-state index contributed by atoms with van der Waals surface area (Å²) in [6, 6.07) is -0.307. The maximum absolute atomic E-state index is 12.3. The molecule has 37 heavy (non-hydrogen) atoms. The number of likely N-dealkylation sites (N-methyl/N-ethyl adjacent to an activating group) is 1. The van der Waals surface area contributed by atoms with E-state index in [1.807, 2.05) is 6.26 Å². The molecule has 0 radical (unpaired) electrons. The molecule has 1 aliphatic heterocycles. The number of rotatable bonds is 16. The van der Waals surface area contributed by atoms with Crippen molar-refractivity contribution in [1.29, 1.82) is 0 Å². The van der Waals surface area contributed by atoms with Gasteiger partial charge in [-0.2, -0.15) is 21.4 Å². The van der Waals surface area contributed by atoms with Crippen molar-refractivity contribution in [3.05, 3.63) is 11.9 Å². The van der Waals surface area contributed by atoms with E-state index in [1.165, 1.54) is 0 Å². The molecule has 0 aromatic carbocycles. The summed E-state index contributed by atoms with van der Waals surface area (Å²) in [5, 5.41) is 49.5. The van der Waals surface area contributed by atoms with Crippen LogP contribution in [0.15, 0.2) is 6.20 Å². The number of carboxylic acid groups (broad SMARTS) is 1. The van der Waals surface area contributed by atoms with Crippen LogP contribution < -0.4 is 5.32 Å². The molecule has 6 atom stereocenters. The van der Waals surface area contributed by atoms with Crippen molar-refractivity contribution in [1.82, 2.24) is 20.3 Å². The maximum Gasteiger partial charge on any atom is 0.373 e. The largest absolute Gasteiger partial charge is 0.479 e. The summed E-state index contributed by atoms with van der Waals surface area (Å²) in [6.07, 6.45) is -2.36. The van der Waals surface area contributed by atoms with Crippen LogP contribution in [0.5, 0.6) is 0 Å². The lowest BCUT2D eigenvalue weighted by Crippen LogP contribution is -2.60. The first kappa shape index (κ1) is 32.8. The first-order chi connectivity index (χ1) is 17.7.